The predicted molar refractivity (Wildman–Crippen MR) is 116 cm³/mol. The van der Waals surface area contributed by atoms with Crippen LogP contribution in [-0.2, 0) is 9.59 Å². The van der Waals surface area contributed by atoms with Crippen LogP contribution in [0.1, 0.15) is 23.2 Å². The lowest BCUT2D eigenvalue weighted by Gasteiger charge is -2.47. The molecule has 1 atom stereocenters. The van der Waals surface area contributed by atoms with Crippen LogP contribution in [0.25, 0.3) is 11.1 Å². The normalized spacial score (nSPS) is 19.6. The second kappa shape index (κ2) is 7.26. The molecular weight excluding hydrogens is 411 g/mol. The van der Waals surface area contributed by atoms with Gasteiger partial charge in [-0.2, -0.15) is 0 Å². The fraction of sp³-hybridized carbons (Fsp3) is 0.167. The molecule has 8 heteroatoms. The van der Waals surface area contributed by atoms with Gasteiger partial charge in [0, 0.05) is 38.0 Å². The van der Waals surface area contributed by atoms with E-state index < -0.39 is 17.4 Å². The van der Waals surface area contributed by atoms with Crippen LogP contribution in [0.15, 0.2) is 67.0 Å². The van der Waals surface area contributed by atoms with Gasteiger partial charge in [-0.05, 0) is 53.6 Å². The molecule has 2 aliphatic heterocycles. The molecule has 32 heavy (non-hydrogen) atoms. The maximum atomic E-state index is 13.6. The summed E-state index contributed by atoms with van der Waals surface area (Å²) in [6.07, 6.45) is 3.55. The van der Waals surface area contributed by atoms with Gasteiger partial charge < -0.3 is 10.2 Å². The Balaban J connectivity index is 1.63. The topological polar surface area (TPSA) is 82.6 Å². The van der Waals surface area contributed by atoms with Crippen molar-refractivity contribution in [1.82, 2.24) is 9.88 Å². The second-order valence-corrected chi connectivity index (χ2v) is 7.84. The molecule has 0 spiro atoms. The largest absolute Gasteiger partial charge is 0.322 e. The molecule has 1 fully saturated rings. The number of rotatable bonds is 3. The van der Waals surface area contributed by atoms with Crippen molar-refractivity contribution in [1.29, 1.82) is 0 Å². The van der Waals surface area contributed by atoms with Gasteiger partial charge in [-0.25, -0.2) is 4.39 Å². The molecule has 0 saturated carbocycles. The molecule has 0 aliphatic carbocycles. The number of hydrogen-bond donors (Lipinski definition) is 1. The molecule has 1 N–H and O–H groups in total. The van der Waals surface area contributed by atoms with Gasteiger partial charge in [0.2, 0.25) is 11.6 Å². The van der Waals surface area contributed by atoms with Crippen LogP contribution in [0.4, 0.5) is 15.8 Å². The number of halogens is 1. The summed E-state index contributed by atoms with van der Waals surface area (Å²) < 4.78 is 13.6. The SMILES string of the molecule is CN1C(=O)c2ccc(-c3ccncc3)cc2N2C(=O)CCC12C(=O)Nc1cccc(F)c1. The monoisotopic (exact) mass is 430 g/mol. The fourth-order valence-electron chi connectivity index (χ4n) is 4.50. The van der Waals surface area contributed by atoms with Gasteiger partial charge in [-0.15, -0.1) is 0 Å². The number of amides is 3. The zero-order valence-corrected chi connectivity index (χ0v) is 17.2. The predicted octanol–water partition coefficient (Wildman–Crippen LogP) is 3.44. The zero-order chi connectivity index (χ0) is 22.5. The number of hydrogen-bond acceptors (Lipinski definition) is 4. The lowest BCUT2D eigenvalue weighted by molar-refractivity contribution is -0.128. The highest BCUT2D eigenvalue weighted by Gasteiger charge is 2.59. The molecule has 7 nitrogen and oxygen atoms in total. The first kappa shape index (κ1) is 19.9. The van der Waals surface area contributed by atoms with Crippen LogP contribution in [-0.4, -0.2) is 40.3 Å². The quantitative estimate of drug-likeness (QED) is 0.690. The first-order chi connectivity index (χ1) is 15.4. The number of likely N-dealkylation sites (N-methyl/N-ethyl adjacent to an activating group) is 1. The first-order valence-electron chi connectivity index (χ1n) is 10.1. The standard InChI is InChI=1S/C24H19FN4O3/c1-28-22(31)19-6-5-16(15-8-11-26-12-9-15)13-20(19)29-21(30)7-10-24(28,29)23(32)27-18-4-2-3-17(25)14-18/h2-6,8-9,11-14H,7,10H2,1H3,(H,27,32). The fourth-order valence-corrected chi connectivity index (χ4v) is 4.50. The summed E-state index contributed by atoms with van der Waals surface area (Å²) in [5, 5.41) is 2.69. The minimum Gasteiger partial charge on any atom is -0.322 e. The van der Waals surface area contributed by atoms with Gasteiger partial charge in [-0.1, -0.05) is 12.1 Å². The minimum atomic E-state index is -1.54. The van der Waals surface area contributed by atoms with Gasteiger partial charge in [0.25, 0.3) is 11.8 Å². The van der Waals surface area contributed by atoms with E-state index in [4.69, 9.17) is 0 Å². The molecular formula is C24H19FN4O3. The second-order valence-electron chi connectivity index (χ2n) is 7.84. The number of carbonyl (C=O) groups is 3. The van der Waals surface area contributed by atoms with E-state index in [1.165, 1.54) is 35.0 Å². The van der Waals surface area contributed by atoms with Gasteiger partial charge in [0.1, 0.15) is 5.82 Å². The summed E-state index contributed by atoms with van der Waals surface area (Å²) in [6, 6.07) is 14.4. The molecule has 1 aromatic heterocycles. The Kier molecular flexibility index (Phi) is 4.51. The summed E-state index contributed by atoms with van der Waals surface area (Å²) in [4.78, 5) is 46.5. The Bertz CT molecular complexity index is 1260. The van der Waals surface area contributed by atoms with Crippen LogP contribution >= 0.6 is 0 Å². The van der Waals surface area contributed by atoms with Crippen molar-refractivity contribution in [2.45, 2.75) is 18.5 Å². The number of aromatic nitrogens is 1. The molecule has 5 rings (SSSR count). The smallest absolute Gasteiger partial charge is 0.271 e. The number of fused-ring (bicyclic) bond motifs is 3. The van der Waals surface area contributed by atoms with E-state index in [-0.39, 0.29) is 30.3 Å². The number of nitrogens with one attached hydrogen (secondary N) is 1. The average Bonchev–Trinajstić information content (AvgIpc) is 3.16. The Morgan fingerprint density at radius 1 is 1.06 bits per heavy atom. The van der Waals surface area contributed by atoms with Crippen LogP contribution < -0.4 is 10.2 Å². The molecule has 1 saturated heterocycles. The Morgan fingerprint density at radius 2 is 1.84 bits per heavy atom. The van der Waals surface area contributed by atoms with Crippen molar-refractivity contribution < 1.29 is 18.8 Å². The van der Waals surface area contributed by atoms with Crippen molar-refractivity contribution >= 4 is 29.1 Å². The Labute approximate surface area is 183 Å². The molecule has 1 unspecified atom stereocenters. The van der Waals surface area contributed by atoms with Crippen LogP contribution in [0, 0.1) is 5.82 Å². The van der Waals surface area contributed by atoms with Gasteiger partial charge in [0.05, 0.1) is 11.3 Å². The van der Waals surface area contributed by atoms with Crippen molar-refractivity contribution in [3.63, 3.8) is 0 Å². The molecule has 2 aromatic carbocycles. The summed E-state index contributed by atoms with van der Waals surface area (Å²) in [5.41, 5.74) is 1.11. The van der Waals surface area contributed by atoms with Gasteiger partial charge in [-0.3, -0.25) is 24.3 Å². The summed E-state index contributed by atoms with van der Waals surface area (Å²) in [6.45, 7) is 0. The van der Waals surface area contributed by atoms with E-state index in [1.807, 2.05) is 12.1 Å². The van der Waals surface area contributed by atoms with Crippen molar-refractivity contribution in [2.75, 3.05) is 17.3 Å². The third-order valence-electron chi connectivity index (χ3n) is 6.10. The van der Waals surface area contributed by atoms with Crippen molar-refractivity contribution in [2.24, 2.45) is 0 Å². The van der Waals surface area contributed by atoms with Crippen molar-refractivity contribution in [3.8, 4) is 11.1 Å². The lowest BCUT2D eigenvalue weighted by Crippen LogP contribution is -2.68. The molecule has 3 aromatic rings. The highest BCUT2D eigenvalue weighted by molar-refractivity contribution is 6.18. The molecule has 3 heterocycles. The highest BCUT2D eigenvalue weighted by atomic mass is 19.1. The Hall–Kier alpha value is -4.07. The first-order valence-corrected chi connectivity index (χ1v) is 10.1. The van der Waals surface area contributed by atoms with Crippen LogP contribution in [0.3, 0.4) is 0 Å². The maximum Gasteiger partial charge on any atom is 0.271 e. The number of nitrogens with zero attached hydrogens (tertiary/aromatic N) is 3. The number of pyridine rings is 1. The van der Waals surface area contributed by atoms with E-state index >= 15 is 0 Å². The van der Waals surface area contributed by atoms with E-state index in [2.05, 4.69) is 10.3 Å². The summed E-state index contributed by atoms with van der Waals surface area (Å²) in [7, 11) is 1.51. The van der Waals surface area contributed by atoms with Crippen LogP contribution in [0.5, 0.6) is 0 Å². The van der Waals surface area contributed by atoms with E-state index in [0.29, 0.717) is 11.3 Å². The Morgan fingerprint density at radius 3 is 2.59 bits per heavy atom. The zero-order valence-electron chi connectivity index (χ0n) is 17.2. The van der Waals surface area contributed by atoms with Crippen molar-refractivity contribution in [3.05, 3.63) is 78.4 Å². The van der Waals surface area contributed by atoms with E-state index in [0.717, 1.165) is 11.1 Å². The third-order valence-corrected chi connectivity index (χ3v) is 6.10. The highest BCUT2D eigenvalue weighted by Crippen LogP contribution is 2.45. The minimum absolute atomic E-state index is 0.104. The summed E-state index contributed by atoms with van der Waals surface area (Å²) in [5.74, 6) is -1.68. The lowest BCUT2D eigenvalue weighted by atomic mass is 9.94. The number of carbonyl (C=O) groups excluding carboxylic acids is 3. The van der Waals surface area contributed by atoms with Gasteiger partial charge in [0.15, 0.2) is 0 Å². The molecule has 0 bridgehead atoms. The number of anilines is 2. The van der Waals surface area contributed by atoms with E-state index in [9.17, 15) is 18.8 Å². The molecule has 0 radical (unpaired) electrons. The number of benzene rings is 2. The van der Waals surface area contributed by atoms with Crippen LogP contribution in [0.2, 0.25) is 0 Å². The van der Waals surface area contributed by atoms with E-state index in [1.54, 1.807) is 36.7 Å². The molecule has 160 valence electrons. The molecule has 2 aliphatic rings. The average molecular weight is 430 g/mol. The maximum absolute atomic E-state index is 13.6. The summed E-state index contributed by atoms with van der Waals surface area (Å²) >= 11 is 0. The molecule has 3 amide bonds. The van der Waals surface area contributed by atoms with Gasteiger partial charge >= 0.3 is 0 Å². The third kappa shape index (κ3) is 2.87.